The lowest BCUT2D eigenvalue weighted by molar-refractivity contribution is -0.141. The zero-order valence-corrected chi connectivity index (χ0v) is 11.9. The summed E-state index contributed by atoms with van der Waals surface area (Å²) in [5.74, 6) is -3.49. The molecule has 1 rings (SSSR count). The normalized spacial score (nSPS) is 11.8. The highest BCUT2D eigenvalue weighted by Gasteiger charge is 2.21. The van der Waals surface area contributed by atoms with Gasteiger partial charge in [-0.1, -0.05) is 28.6 Å². The molecule has 0 unspecified atom stereocenters. The van der Waals surface area contributed by atoms with Crippen LogP contribution in [0, 0.1) is 11.6 Å². The van der Waals surface area contributed by atoms with Gasteiger partial charge in [0, 0.05) is 12.5 Å². The highest BCUT2D eigenvalue weighted by Crippen LogP contribution is 2.12. The molecule has 0 radical (unpaired) electrons. The Hall–Kier alpha value is -1.76. The van der Waals surface area contributed by atoms with Gasteiger partial charge in [-0.25, -0.2) is 13.6 Å². The van der Waals surface area contributed by atoms with Gasteiger partial charge in [0.2, 0.25) is 5.91 Å². The lowest BCUT2D eigenvalue weighted by Crippen LogP contribution is -2.41. The average molecular weight is 348 g/mol. The predicted octanol–water partition coefficient (Wildman–Crippen LogP) is 2.38. The van der Waals surface area contributed by atoms with Crippen molar-refractivity contribution in [2.75, 3.05) is 0 Å². The molecule has 0 saturated heterocycles. The number of hydrogen-bond acceptors (Lipinski definition) is 2. The first-order valence-corrected chi connectivity index (χ1v) is 6.38. The highest BCUT2D eigenvalue weighted by atomic mass is 79.9. The third-order valence-corrected chi connectivity index (χ3v) is 2.75. The lowest BCUT2D eigenvalue weighted by Gasteiger charge is -2.14. The van der Waals surface area contributed by atoms with Crippen LogP contribution in [0.4, 0.5) is 8.78 Å². The Kier molecular flexibility index (Phi) is 5.82. The van der Waals surface area contributed by atoms with E-state index in [0.717, 1.165) is 12.1 Å². The van der Waals surface area contributed by atoms with E-state index in [0.29, 0.717) is 10.5 Å². The third kappa shape index (κ3) is 5.08. The van der Waals surface area contributed by atoms with E-state index >= 15 is 0 Å². The molecule has 1 atom stereocenters. The zero-order valence-electron chi connectivity index (χ0n) is 10.3. The maximum absolute atomic E-state index is 13.4. The summed E-state index contributed by atoms with van der Waals surface area (Å²) >= 11 is 3.01. The molecule has 2 N–H and O–H groups in total. The number of benzene rings is 1. The Balaban J connectivity index is 2.70. The van der Waals surface area contributed by atoms with Gasteiger partial charge < -0.3 is 10.4 Å². The smallest absolute Gasteiger partial charge is 0.326 e. The van der Waals surface area contributed by atoms with Crippen LogP contribution in [0.2, 0.25) is 0 Å². The summed E-state index contributed by atoms with van der Waals surface area (Å²) in [7, 11) is 0. The fraction of sp³-hybridized carbons (Fsp3) is 0.231. The summed E-state index contributed by atoms with van der Waals surface area (Å²) in [6.07, 6.45) is -0.363. The molecular weight excluding hydrogens is 336 g/mol. The Bertz CT molecular complexity index is 548. The molecule has 0 aliphatic carbocycles. The van der Waals surface area contributed by atoms with Crippen LogP contribution < -0.4 is 5.32 Å². The number of carboxylic acids is 1. The molecule has 1 amide bonds. The van der Waals surface area contributed by atoms with Gasteiger partial charge in [0.15, 0.2) is 0 Å². The van der Waals surface area contributed by atoms with Crippen LogP contribution in [-0.2, 0) is 16.0 Å². The Labute approximate surface area is 122 Å². The molecule has 0 aliphatic rings. The average Bonchev–Trinajstić information content (AvgIpc) is 2.31. The number of rotatable bonds is 6. The number of carbonyl (C=O) groups is 2. The molecule has 0 spiro atoms. The molecule has 4 nitrogen and oxygen atoms in total. The Morgan fingerprint density at radius 1 is 1.40 bits per heavy atom. The van der Waals surface area contributed by atoms with Crippen molar-refractivity contribution in [1.82, 2.24) is 5.32 Å². The fourth-order valence-electron chi connectivity index (χ4n) is 1.50. The minimum Gasteiger partial charge on any atom is -0.480 e. The second-order valence-electron chi connectivity index (χ2n) is 4.09. The van der Waals surface area contributed by atoms with Gasteiger partial charge in [-0.3, -0.25) is 4.79 Å². The van der Waals surface area contributed by atoms with E-state index in [1.807, 2.05) is 0 Å². The van der Waals surface area contributed by atoms with E-state index in [9.17, 15) is 18.4 Å². The lowest BCUT2D eigenvalue weighted by atomic mass is 10.1. The van der Waals surface area contributed by atoms with Gasteiger partial charge in [0.25, 0.3) is 0 Å². The van der Waals surface area contributed by atoms with Gasteiger partial charge in [-0.05, 0) is 16.1 Å². The number of halogens is 3. The summed E-state index contributed by atoms with van der Waals surface area (Å²) in [5, 5.41) is 11.2. The van der Waals surface area contributed by atoms with E-state index < -0.39 is 29.6 Å². The van der Waals surface area contributed by atoms with E-state index in [4.69, 9.17) is 5.11 Å². The molecule has 0 aliphatic heterocycles. The fourth-order valence-corrected chi connectivity index (χ4v) is 1.83. The molecule has 0 fully saturated rings. The van der Waals surface area contributed by atoms with Crippen molar-refractivity contribution >= 4 is 27.8 Å². The van der Waals surface area contributed by atoms with Crippen LogP contribution >= 0.6 is 15.9 Å². The molecule has 0 bridgehead atoms. The second-order valence-corrected chi connectivity index (χ2v) is 5.21. The summed E-state index contributed by atoms with van der Waals surface area (Å²) in [4.78, 5) is 22.6. The van der Waals surface area contributed by atoms with E-state index in [1.54, 1.807) is 0 Å². The second kappa shape index (κ2) is 7.14. The summed E-state index contributed by atoms with van der Waals surface area (Å²) in [6.45, 7) is 3.49. The first-order chi connectivity index (χ1) is 9.29. The van der Waals surface area contributed by atoms with Crippen LogP contribution in [0.3, 0.4) is 0 Å². The van der Waals surface area contributed by atoms with Gasteiger partial charge >= 0.3 is 5.97 Å². The number of amides is 1. The SMILES string of the molecule is C=C(Br)C[C@H](NC(=O)Cc1ccc(F)cc1F)C(=O)O. The first kappa shape index (κ1) is 16.3. The van der Waals surface area contributed by atoms with Gasteiger partial charge in [0.05, 0.1) is 6.42 Å². The molecule has 0 heterocycles. The van der Waals surface area contributed by atoms with E-state index in [-0.39, 0.29) is 18.4 Å². The van der Waals surface area contributed by atoms with Crippen molar-refractivity contribution in [3.8, 4) is 0 Å². The molecular formula is C13H12BrF2NO3. The minimum absolute atomic E-state index is 0.00692. The summed E-state index contributed by atoms with van der Waals surface area (Å²) in [6, 6.07) is 1.68. The van der Waals surface area contributed by atoms with Crippen molar-refractivity contribution in [3.63, 3.8) is 0 Å². The topological polar surface area (TPSA) is 66.4 Å². The van der Waals surface area contributed by atoms with Crippen molar-refractivity contribution in [1.29, 1.82) is 0 Å². The quantitative estimate of drug-likeness (QED) is 0.830. The first-order valence-electron chi connectivity index (χ1n) is 5.59. The molecule has 0 saturated carbocycles. The Morgan fingerprint density at radius 2 is 2.05 bits per heavy atom. The van der Waals surface area contributed by atoms with Gasteiger partial charge in [-0.2, -0.15) is 0 Å². The minimum atomic E-state index is -1.22. The summed E-state index contributed by atoms with van der Waals surface area (Å²) in [5.41, 5.74) is -0.00860. The van der Waals surface area contributed by atoms with Crippen molar-refractivity contribution in [2.24, 2.45) is 0 Å². The molecule has 0 aromatic heterocycles. The van der Waals surface area contributed by atoms with Crippen LogP contribution in [0.5, 0.6) is 0 Å². The molecule has 108 valence electrons. The molecule has 1 aromatic rings. The third-order valence-electron chi connectivity index (χ3n) is 2.43. The maximum atomic E-state index is 13.4. The standard InChI is InChI=1S/C13H12BrF2NO3/c1-7(14)4-11(13(19)20)17-12(18)5-8-2-3-9(15)6-10(8)16/h2-3,6,11H,1,4-5H2,(H,17,18)(H,19,20)/t11-/m0/s1. The number of carboxylic acid groups (broad SMARTS) is 1. The Morgan fingerprint density at radius 3 is 2.55 bits per heavy atom. The van der Waals surface area contributed by atoms with Crippen LogP contribution in [0.15, 0.2) is 29.3 Å². The largest absolute Gasteiger partial charge is 0.480 e. The van der Waals surface area contributed by atoms with Crippen molar-refractivity contribution in [2.45, 2.75) is 18.9 Å². The number of carbonyl (C=O) groups excluding carboxylic acids is 1. The number of nitrogens with one attached hydrogen (secondary N) is 1. The molecule has 7 heteroatoms. The van der Waals surface area contributed by atoms with Crippen LogP contribution in [0.1, 0.15) is 12.0 Å². The zero-order chi connectivity index (χ0) is 15.3. The van der Waals surface area contributed by atoms with Crippen molar-refractivity contribution in [3.05, 3.63) is 46.5 Å². The van der Waals surface area contributed by atoms with Gasteiger partial charge in [-0.15, -0.1) is 0 Å². The van der Waals surface area contributed by atoms with E-state index in [1.165, 1.54) is 0 Å². The van der Waals surface area contributed by atoms with Crippen molar-refractivity contribution < 1.29 is 23.5 Å². The summed E-state index contributed by atoms with van der Waals surface area (Å²) < 4.78 is 26.5. The van der Waals surface area contributed by atoms with E-state index in [2.05, 4.69) is 27.8 Å². The number of aliphatic carboxylic acids is 1. The van der Waals surface area contributed by atoms with Gasteiger partial charge in [0.1, 0.15) is 17.7 Å². The predicted molar refractivity (Wildman–Crippen MR) is 72.3 cm³/mol. The monoisotopic (exact) mass is 347 g/mol. The van der Waals surface area contributed by atoms with Crippen LogP contribution in [-0.4, -0.2) is 23.0 Å². The van der Waals surface area contributed by atoms with Crippen LogP contribution in [0.25, 0.3) is 0 Å². The molecule has 1 aromatic carbocycles. The highest BCUT2D eigenvalue weighted by molar-refractivity contribution is 9.11. The maximum Gasteiger partial charge on any atom is 0.326 e. The number of hydrogen-bond donors (Lipinski definition) is 2. The molecule has 20 heavy (non-hydrogen) atoms.